The van der Waals surface area contributed by atoms with E-state index < -0.39 is 23.1 Å². The summed E-state index contributed by atoms with van der Waals surface area (Å²) in [5.41, 5.74) is -1.63. The van der Waals surface area contributed by atoms with Crippen LogP contribution in [0.5, 0.6) is 0 Å². The van der Waals surface area contributed by atoms with E-state index in [1.807, 2.05) is 0 Å². The number of carbonyl (C=O) groups excluding carboxylic acids is 1. The summed E-state index contributed by atoms with van der Waals surface area (Å²) in [5, 5.41) is 14.3. The third-order valence-corrected chi connectivity index (χ3v) is 5.18. The number of hydrogen-bond acceptors (Lipinski definition) is 4. The second-order valence-electron chi connectivity index (χ2n) is 7.22. The van der Waals surface area contributed by atoms with Crippen molar-refractivity contribution in [1.29, 1.82) is 0 Å². The molecule has 1 atom stereocenters. The molecule has 2 aliphatic heterocycles. The first-order valence-electron chi connectivity index (χ1n) is 8.60. The molecule has 0 bridgehead atoms. The lowest BCUT2D eigenvalue weighted by Gasteiger charge is -2.48. The van der Waals surface area contributed by atoms with Gasteiger partial charge >= 0.3 is 0 Å². The molecule has 3 rings (SSSR count). The second kappa shape index (κ2) is 6.97. The zero-order valence-corrected chi connectivity index (χ0v) is 14.4. The van der Waals surface area contributed by atoms with Crippen molar-refractivity contribution in [2.45, 2.75) is 36.9 Å². The van der Waals surface area contributed by atoms with Crippen LogP contribution in [0.3, 0.4) is 0 Å². The summed E-state index contributed by atoms with van der Waals surface area (Å²) in [6.45, 7) is 2.20. The van der Waals surface area contributed by atoms with Gasteiger partial charge in [-0.15, -0.1) is 0 Å². The van der Waals surface area contributed by atoms with Gasteiger partial charge in [-0.05, 0) is 38.1 Å². The van der Waals surface area contributed by atoms with Crippen molar-refractivity contribution in [3.63, 3.8) is 0 Å². The minimum absolute atomic E-state index is 0.0845. The first kappa shape index (κ1) is 18.2. The molecule has 2 N–H and O–H groups in total. The molecule has 1 amide bonds. The van der Waals surface area contributed by atoms with Crippen LogP contribution in [-0.4, -0.2) is 60.4 Å². The summed E-state index contributed by atoms with van der Waals surface area (Å²) in [6, 6.07) is 2.87. The van der Waals surface area contributed by atoms with Crippen molar-refractivity contribution < 1.29 is 23.4 Å². The van der Waals surface area contributed by atoms with Gasteiger partial charge in [0.1, 0.15) is 11.6 Å². The van der Waals surface area contributed by atoms with E-state index in [4.69, 9.17) is 4.74 Å². The number of benzene rings is 1. The van der Waals surface area contributed by atoms with Crippen LogP contribution in [0.1, 0.15) is 36.0 Å². The number of nitrogens with one attached hydrogen (secondary N) is 1. The van der Waals surface area contributed by atoms with Crippen LogP contribution in [0, 0.1) is 11.6 Å². The number of nitrogens with zero attached hydrogens (tertiary/aromatic N) is 1. The third-order valence-electron chi connectivity index (χ3n) is 5.18. The van der Waals surface area contributed by atoms with Gasteiger partial charge < -0.3 is 20.1 Å². The summed E-state index contributed by atoms with van der Waals surface area (Å²) in [4.78, 5) is 13.8. The predicted molar refractivity (Wildman–Crippen MR) is 88.3 cm³/mol. The molecule has 1 unspecified atom stereocenters. The molecule has 1 aromatic carbocycles. The van der Waals surface area contributed by atoms with E-state index in [-0.39, 0.29) is 17.7 Å². The van der Waals surface area contributed by atoms with Crippen LogP contribution in [-0.2, 0) is 4.74 Å². The number of aliphatic hydroxyl groups is 1. The monoisotopic (exact) mass is 354 g/mol. The average molecular weight is 354 g/mol. The van der Waals surface area contributed by atoms with Crippen LogP contribution >= 0.6 is 0 Å². The van der Waals surface area contributed by atoms with Crippen LogP contribution in [0.15, 0.2) is 18.2 Å². The maximum absolute atomic E-state index is 13.8. The number of ether oxygens (including phenoxy) is 1. The highest BCUT2D eigenvalue weighted by atomic mass is 19.1. The lowest BCUT2D eigenvalue weighted by atomic mass is 9.77. The molecule has 7 heteroatoms. The highest BCUT2D eigenvalue weighted by molar-refractivity contribution is 5.94. The smallest absolute Gasteiger partial charge is 0.256 e. The van der Waals surface area contributed by atoms with Gasteiger partial charge in [0, 0.05) is 32.5 Å². The van der Waals surface area contributed by atoms with Crippen LogP contribution < -0.4 is 5.32 Å². The first-order chi connectivity index (χ1) is 11.8. The molecule has 0 radical (unpaired) electrons. The minimum atomic E-state index is -1.07. The molecule has 2 fully saturated rings. The molecular weight excluding hydrogens is 330 g/mol. The summed E-state index contributed by atoms with van der Waals surface area (Å²) < 4.78 is 32.8. The van der Waals surface area contributed by atoms with E-state index in [1.54, 1.807) is 0 Å². The van der Waals surface area contributed by atoms with Gasteiger partial charge in [-0.2, -0.15) is 0 Å². The number of halogens is 2. The minimum Gasteiger partial charge on any atom is -0.388 e. The van der Waals surface area contributed by atoms with E-state index in [9.17, 15) is 18.7 Å². The molecule has 0 saturated carbocycles. The Morgan fingerprint density at radius 1 is 1.32 bits per heavy atom. The highest BCUT2D eigenvalue weighted by Crippen LogP contribution is 2.38. The van der Waals surface area contributed by atoms with Crippen LogP contribution in [0.2, 0.25) is 0 Å². The maximum Gasteiger partial charge on any atom is 0.256 e. The number of amides is 1. The number of hydrogen-bond donors (Lipinski definition) is 2. The fourth-order valence-corrected chi connectivity index (χ4v) is 3.92. The Morgan fingerprint density at radius 2 is 2.04 bits per heavy atom. The Kier molecular flexibility index (Phi) is 5.09. The number of piperidine rings is 1. The van der Waals surface area contributed by atoms with Gasteiger partial charge in [0.25, 0.3) is 5.91 Å². The van der Waals surface area contributed by atoms with Gasteiger partial charge in [0.15, 0.2) is 0 Å². The lowest BCUT2D eigenvalue weighted by Crippen LogP contribution is -2.57. The van der Waals surface area contributed by atoms with Crippen molar-refractivity contribution in [3.05, 3.63) is 35.4 Å². The van der Waals surface area contributed by atoms with Crippen molar-refractivity contribution in [3.8, 4) is 0 Å². The van der Waals surface area contributed by atoms with E-state index in [0.29, 0.717) is 25.5 Å². The van der Waals surface area contributed by atoms with Crippen molar-refractivity contribution in [2.24, 2.45) is 0 Å². The Labute approximate surface area is 146 Å². The van der Waals surface area contributed by atoms with Crippen molar-refractivity contribution in [1.82, 2.24) is 10.2 Å². The molecule has 138 valence electrons. The highest BCUT2D eigenvalue weighted by Gasteiger charge is 2.46. The average Bonchev–Trinajstić information content (AvgIpc) is 2.54. The molecule has 0 aromatic heterocycles. The fourth-order valence-electron chi connectivity index (χ4n) is 3.92. The summed E-state index contributed by atoms with van der Waals surface area (Å²) in [5.74, 6) is -2.20. The van der Waals surface area contributed by atoms with Gasteiger partial charge in [0.05, 0.1) is 23.4 Å². The molecule has 2 heterocycles. The molecule has 1 spiro atoms. The SMILES string of the molecule is CN(CC1(O)CCOC2(CCNCC2)C1)C(=O)c1ccc(F)cc1F. The Balaban J connectivity index is 1.70. The Morgan fingerprint density at radius 3 is 2.72 bits per heavy atom. The van der Waals surface area contributed by atoms with E-state index in [2.05, 4.69) is 5.32 Å². The van der Waals surface area contributed by atoms with E-state index in [0.717, 1.165) is 38.1 Å². The van der Waals surface area contributed by atoms with E-state index in [1.165, 1.54) is 11.9 Å². The zero-order valence-electron chi connectivity index (χ0n) is 14.4. The molecule has 1 aromatic rings. The predicted octanol–water partition coefficient (Wildman–Crippen LogP) is 1.70. The van der Waals surface area contributed by atoms with Crippen molar-refractivity contribution in [2.75, 3.05) is 33.3 Å². The largest absolute Gasteiger partial charge is 0.388 e. The second-order valence-corrected chi connectivity index (χ2v) is 7.22. The van der Waals surface area contributed by atoms with Gasteiger partial charge in [-0.3, -0.25) is 4.79 Å². The number of carbonyl (C=O) groups is 1. The fraction of sp³-hybridized carbons (Fsp3) is 0.611. The summed E-state index contributed by atoms with van der Waals surface area (Å²) in [7, 11) is 1.52. The van der Waals surface area contributed by atoms with Gasteiger partial charge in [0.2, 0.25) is 0 Å². The molecule has 2 aliphatic rings. The quantitative estimate of drug-likeness (QED) is 0.867. The van der Waals surface area contributed by atoms with Gasteiger partial charge in [-0.1, -0.05) is 0 Å². The standard InChI is InChI=1S/C18H24F2N2O3/c1-22(16(23)14-3-2-13(19)10-15(14)20)12-17(24)6-9-25-18(11-17)4-7-21-8-5-18/h2-3,10,21,24H,4-9,11-12H2,1H3. The van der Waals surface area contributed by atoms with Crippen molar-refractivity contribution >= 4 is 5.91 Å². The molecule has 25 heavy (non-hydrogen) atoms. The van der Waals surface area contributed by atoms with Gasteiger partial charge in [-0.25, -0.2) is 8.78 Å². The third kappa shape index (κ3) is 3.99. The zero-order chi connectivity index (χ0) is 18.1. The Bertz CT molecular complexity index is 644. The summed E-state index contributed by atoms with van der Waals surface area (Å²) >= 11 is 0. The number of likely N-dealkylation sites (N-methyl/N-ethyl adjacent to an activating group) is 1. The molecular formula is C18H24F2N2O3. The number of rotatable bonds is 3. The molecule has 0 aliphatic carbocycles. The maximum atomic E-state index is 13.8. The Hall–Kier alpha value is -1.57. The normalized spacial score (nSPS) is 25.8. The summed E-state index contributed by atoms with van der Waals surface area (Å²) in [6.07, 6.45) is 2.51. The lowest BCUT2D eigenvalue weighted by molar-refractivity contribution is -0.173. The van der Waals surface area contributed by atoms with Crippen LogP contribution in [0.25, 0.3) is 0 Å². The first-order valence-corrected chi connectivity index (χ1v) is 8.60. The topological polar surface area (TPSA) is 61.8 Å². The van der Waals surface area contributed by atoms with E-state index >= 15 is 0 Å². The van der Waals surface area contributed by atoms with Crippen LogP contribution in [0.4, 0.5) is 8.78 Å². The molecule has 5 nitrogen and oxygen atoms in total. The molecule has 2 saturated heterocycles.